The highest BCUT2D eigenvalue weighted by Crippen LogP contribution is 2.38. The van der Waals surface area contributed by atoms with E-state index in [4.69, 9.17) is 4.74 Å². The molecule has 3 rings (SSSR count). The average molecular weight is 368 g/mol. The first-order valence-electron chi connectivity index (χ1n) is 10.1. The van der Waals surface area contributed by atoms with E-state index in [0.29, 0.717) is 18.3 Å². The smallest absolute Gasteiger partial charge is 0.127 e. The van der Waals surface area contributed by atoms with E-state index in [1.807, 2.05) is 24.3 Å². The quantitative estimate of drug-likeness (QED) is 0.703. The molecule has 0 atom stereocenters. The van der Waals surface area contributed by atoms with Crippen molar-refractivity contribution in [2.45, 2.75) is 70.9 Å². The molecule has 3 nitrogen and oxygen atoms in total. The molecular weight excluding hydrogens is 334 g/mol. The SMILES string of the molecule is COc1ccc(-c2cc(C(C)(C)C)cc(CNC3CCCCC3)c2O)cc1. The fraction of sp³-hybridized carbons (Fsp3) is 0.500. The van der Waals surface area contributed by atoms with Crippen molar-refractivity contribution in [1.82, 2.24) is 5.32 Å². The highest BCUT2D eigenvalue weighted by molar-refractivity contribution is 5.73. The summed E-state index contributed by atoms with van der Waals surface area (Å²) in [5, 5.41) is 14.7. The van der Waals surface area contributed by atoms with Gasteiger partial charge in [0.05, 0.1) is 7.11 Å². The summed E-state index contributed by atoms with van der Waals surface area (Å²) in [6.45, 7) is 7.37. The van der Waals surface area contributed by atoms with Crippen LogP contribution in [-0.2, 0) is 12.0 Å². The van der Waals surface area contributed by atoms with Gasteiger partial charge in [0.25, 0.3) is 0 Å². The number of hydrogen-bond donors (Lipinski definition) is 2. The van der Waals surface area contributed by atoms with Gasteiger partial charge < -0.3 is 15.2 Å². The Balaban J connectivity index is 1.93. The number of methoxy groups -OCH3 is 1. The van der Waals surface area contributed by atoms with Crippen LogP contribution < -0.4 is 10.1 Å². The minimum Gasteiger partial charge on any atom is -0.507 e. The first kappa shape index (κ1) is 19.8. The fourth-order valence-electron chi connectivity index (χ4n) is 3.81. The van der Waals surface area contributed by atoms with Gasteiger partial charge in [-0.25, -0.2) is 0 Å². The molecule has 2 aromatic carbocycles. The average Bonchev–Trinajstić information content (AvgIpc) is 2.67. The molecule has 0 unspecified atom stereocenters. The number of nitrogens with one attached hydrogen (secondary N) is 1. The lowest BCUT2D eigenvalue weighted by atomic mass is 9.83. The second-order valence-corrected chi connectivity index (χ2v) is 8.73. The monoisotopic (exact) mass is 367 g/mol. The Morgan fingerprint density at radius 3 is 2.30 bits per heavy atom. The third-order valence-corrected chi connectivity index (χ3v) is 5.64. The van der Waals surface area contributed by atoms with Gasteiger partial charge in [-0.1, -0.05) is 58.2 Å². The number of rotatable bonds is 5. The number of ether oxygens (including phenoxy) is 1. The Kier molecular flexibility index (Phi) is 6.11. The van der Waals surface area contributed by atoms with Gasteiger partial charge in [-0.2, -0.15) is 0 Å². The van der Waals surface area contributed by atoms with E-state index in [-0.39, 0.29) is 5.41 Å². The molecule has 0 radical (unpaired) electrons. The van der Waals surface area contributed by atoms with E-state index in [1.165, 1.54) is 37.7 Å². The van der Waals surface area contributed by atoms with Crippen LogP contribution >= 0.6 is 0 Å². The van der Waals surface area contributed by atoms with Crippen LogP contribution in [0.25, 0.3) is 11.1 Å². The molecule has 1 fully saturated rings. The Hall–Kier alpha value is -2.00. The van der Waals surface area contributed by atoms with Gasteiger partial charge in [-0.3, -0.25) is 0 Å². The van der Waals surface area contributed by atoms with Crippen molar-refractivity contribution in [2.24, 2.45) is 0 Å². The molecular formula is C24H33NO2. The van der Waals surface area contributed by atoms with Crippen LogP contribution in [0.1, 0.15) is 64.0 Å². The molecule has 0 aliphatic heterocycles. The summed E-state index contributed by atoms with van der Waals surface area (Å²) in [7, 11) is 1.67. The summed E-state index contributed by atoms with van der Waals surface area (Å²) >= 11 is 0. The summed E-state index contributed by atoms with van der Waals surface area (Å²) in [6.07, 6.45) is 6.45. The molecule has 2 N–H and O–H groups in total. The fourth-order valence-corrected chi connectivity index (χ4v) is 3.81. The lowest BCUT2D eigenvalue weighted by Crippen LogP contribution is -2.30. The van der Waals surface area contributed by atoms with Gasteiger partial charge in [0.2, 0.25) is 0 Å². The molecule has 0 saturated heterocycles. The predicted molar refractivity (Wildman–Crippen MR) is 113 cm³/mol. The molecule has 27 heavy (non-hydrogen) atoms. The van der Waals surface area contributed by atoms with E-state index < -0.39 is 0 Å². The number of benzene rings is 2. The van der Waals surface area contributed by atoms with Gasteiger partial charge in [0, 0.05) is 23.7 Å². The molecule has 1 saturated carbocycles. The van der Waals surface area contributed by atoms with Crippen molar-refractivity contribution >= 4 is 0 Å². The van der Waals surface area contributed by atoms with Crippen molar-refractivity contribution in [2.75, 3.05) is 7.11 Å². The molecule has 1 aliphatic rings. The first-order valence-corrected chi connectivity index (χ1v) is 10.1. The molecule has 0 heterocycles. The maximum Gasteiger partial charge on any atom is 0.127 e. The second-order valence-electron chi connectivity index (χ2n) is 8.73. The summed E-state index contributed by atoms with van der Waals surface area (Å²) in [5.74, 6) is 1.21. The zero-order chi connectivity index (χ0) is 19.4. The summed E-state index contributed by atoms with van der Waals surface area (Å²) in [6, 6.07) is 12.8. The van der Waals surface area contributed by atoms with Crippen LogP contribution in [0.4, 0.5) is 0 Å². The maximum absolute atomic E-state index is 11.0. The Bertz CT molecular complexity index is 753. The molecule has 2 aromatic rings. The van der Waals surface area contributed by atoms with Crippen LogP contribution in [0.15, 0.2) is 36.4 Å². The van der Waals surface area contributed by atoms with E-state index in [0.717, 1.165) is 22.4 Å². The third kappa shape index (κ3) is 4.84. The first-order chi connectivity index (χ1) is 12.9. The molecule has 0 aromatic heterocycles. The lowest BCUT2D eigenvalue weighted by Gasteiger charge is -2.25. The Morgan fingerprint density at radius 2 is 1.70 bits per heavy atom. The van der Waals surface area contributed by atoms with E-state index in [1.54, 1.807) is 7.11 Å². The zero-order valence-corrected chi connectivity index (χ0v) is 17.1. The third-order valence-electron chi connectivity index (χ3n) is 5.64. The van der Waals surface area contributed by atoms with Crippen molar-refractivity contribution in [1.29, 1.82) is 0 Å². The van der Waals surface area contributed by atoms with Crippen molar-refractivity contribution in [3.63, 3.8) is 0 Å². The molecule has 0 amide bonds. The highest BCUT2D eigenvalue weighted by Gasteiger charge is 2.20. The van der Waals surface area contributed by atoms with Crippen LogP contribution in [0, 0.1) is 0 Å². The minimum atomic E-state index is 0.0223. The summed E-state index contributed by atoms with van der Waals surface area (Å²) in [4.78, 5) is 0. The lowest BCUT2D eigenvalue weighted by molar-refractivity contribution is 0.369. The highest BCUT2D eigenvalue weighted by atomic mass is 16.5. The van der Waals surface area contributed by atoms with Crippen LogP contribution in [0.5, 0.6) is 11.5 Å². The van der Waals surface area contributed by atoms with Crippen molar-refractivity contribution in [3.8, 4) is 22.6 Å². The standard InChI is InChI=1S/C24H33NO2/c1-24(2,3)19-14-18(16-25-20-8-6-5-7-9-20)23(26)22(15-19)17-10-12-21(27-4)13-11-17/h10-15,20,25-26H,5-9,16H2,1-4H3. The largest absolute Gasteiger partial charge is 0.507 e. The van der Waals surface area contributed by atoms with Gasteiger partial charge in [0.15, 0.2) is 0 Å². The molecule has 1 aliphatic carbocycles. The number of aromatic hydroxyl groups is 1. The second kappa shape index (κ2) is 8.35. The summed E-state index contributed by atoms with van der Waals surface area (Å²) < 4.78 is 5.27. The van der Waals surface area contributed by atoms with Gasteiger partial charge in [-0.15, -0.1) is 0 Å². The topological polar surface area (TPSA) is 41.5 Å². The molecule has 146 valence electrons. The normalized spacial score (nSPS) is 15.7. The van der Waals surface area contributed by atoms with Gasteiger partial charge in [0.1, 0.15) is 11.5 Å². The van der Waals surface area contributed by atoms with Crippen molar-refractivity contribution < 1.29 is 9.84 Å². The van der Waals surface area contributed by atoms with Crippen LogP contribution in [-0.4, -0.2) is 18.3 Å². The Labute approximate surface area is 163 Å². The number of hydrogen-bond acceptors (Lipinski definition) is 3. The number of phenols is 1. The molecule has 0 bridgehead atoms. The molecule has 0 spiro atoms. The van der Waals surface area contributed by atoms with Crippen LogP contribution in [0.2, 0.25) is 0 Å². The van der Waals surface area contributed by atoms with Gasteiger partial charge in [-0.05, 0) is 47.6 Å². The van der Waals surface area contributed by atoms with E-state index in [9.17, 15) is 5.11 Å². The van der Waals surface area contributed by atoms with E-state index >= 15 is 0 Å². The zero-order valence-electron chi connectivity index (χ0n) is 17.1. The van der Waals surface area contributed by atoms with Crippen LogP contribution in [0.3, 0.4) is 0 Å². The van der Waals surface area contributed by atoms with E-state index in [2.05, 4.69) is 38.2 Å². The Morgan fingerprint density at radius 1 is 1.04 bits per heavy atom. The maximum atomic E-state index is 11.0. The number of phenolic OH excluding ortho intramolecular Hbond substituents is 1. The van der Waals surface area contributed by atoms with Crippen molar-refractivity contribution in [3.05, 3.63) is 47.5 Å². The minimum absolute atomic E-state index is 0.0223. The summed E-state index contributed by atoms with van der Waals surface area (Å²) in [5.41, 5.74) is 4.16. The van der Waals surface area contributed by atoms with Gasteiger partial charge >= 0.3 is 0 Å². The molecule has 3 heteroatoms. The predicted octanol–water partition coefficient (Wildman–Crippen LogP) is 5.79.